The van der Waals surface area contributed by atoms with Crippen molar-refractivity contribution >= 4 is 28.6 Å². The number of hydrogen-bond acceptors (Lipinski definition) is 20. The van der Waals surface area contributed by atoms with Crippen molar-refractivity contribution in [2.24, 2.45) is 0 Å². The minimum absolute atomic E-state index is 0.0351. The van der Waals surface area contributed by atoms with Crippen LogP contribution in [-0.4, -0.2) is 196 Å². The van der Waals surface area contributed by atoms with Gasteiger partial charge in [-0.05, 0) is 117 Å². The maximum atomic E-state index is 14.7. The first kappa shape index (κ1) is 77.2. The fourth-order valence-electron chi connectivity index (χ4n) is 12.5. The molecule has 0 bridgehead atoms. The molecule has 2 aliphatic heterocycles. The summed E-state index contributed by atoms with van der Waals surface area (Å²) in [5.74, 6) is 0.973. The van der Waals surface area contributed by atoms with Gasteiger partial charge in [0.05, 0.1) is 106 Å². The third-order valence-electron chi connectivity index (χ3n) is 16.8. The molecule has 1 amide bonds. The van der Waals surface area contributed by atoms with Gasteiger partial charge in [0.25, 0.3) is 8.53 Å². The molecule has 1 aromatic heterocycles. The molecular weight excluding hydrogens is 1230 g/mol. The SMILES string of the molecule is COc1ccc(C(O[C@H](COCCCCCN2CCOCCOCCOCCOCCOCC2)[C@H]2O[C@@H](n3ccc(NC(C)=O)nc3=O)[C@H](OCO[Si](C(C)C)(C(C)C)C(C)C)[C@@H]2OP(OCCC#N)N(C(C)C)C(C)C)(c2ccccc2)c2ccc(OC)cc2)cc1. The number of rotatable bonds is 33. The molecule has 93 heavy (non-hydrogen) atoms. The second kappa shape index (κ2) is 40.7. The molecule has 22 nitrogen and oxygen atoms in total. The third kappa shape index (κ3) is 22.6. The topological polar surface area (TPSA) is 223 Å². The lowest BCUT2D eigenvalue weighted by Crippen LogP contribution is -2.50. The van der Waals surface area contributed by atoms with E-state index in [2.05, 4.69) is 95.2 Å². The molecule has 3 heterocycles. The summed E-state index contributed by atoms with van der Waals surface area (Å²) < 4.78 is 95.2. The van der Waals surface area contributed by atoms with E-state index in [1.165, 1.54) is 11.5 Å². The summed E-state index contributed by atoms with van der Waals surface area (Å²) in [5.41, 5.74) is 0.808. The number of unbranched alkanes of at least 4 members (excludes halogenated alkanes) is 2. The van der Waals surface area contributed by atoms with Gasteiger partial charge in [0, 0.05) is 44.9 Å². The third-order valence-corrected chi connectivity index (χ3v) is 24.9. The van der Waals surface area contributed by atoms with Crippen LogP contribution >= 0.6 is 8.53 Å². The second-order valence-electron chi connectivity index (χ2n) is 24.7. The molecule has 6 atom stereocenters. The van der Waals surface area contributed by atoms with Crippen LogP contribution in [0.15, 0.2) is 95.9 Å². The van der Waals surface area contributed by atoms with Crippen LogP contribution in [0, 0.1) is 11.3 Å². The summed E-state index contributed by atoms with van der Waals surface area (Å²) in [6, 6.07) is 29.2. The number of nitrogens with one attached hydrogen (secondary N) is 1. The van der Waals surface area contributed by atoms with Crippen LogP contribution < -0.4 is 20.5 Å². The number of carbonyl (C=O) groups is 1. The normalized spacial score (nSPS) is 19.6. The van der Waals surface area contributed by atoms with Gasteiger partial charge in [0.15, 0.2) is 6.23 Å². The Balaban J connectivity index is 1.49. The predicted octanol–water partition coefficient (Wildman–Crippen LogP) is 11.3. The number of nitrogens with zero attached hydrogens (tertiary/aromatic N) is 5. The van der Waals surface area contributed by atoms with Crippen molar-refractivity contribution in [3.05, 3.63) is 118 Å². The Morgan fingerprint density at radius 3 is 1.72 bits per heavy atom. The molecule has 0 saturated carbocycles. The Kier molecular flexibility index (Phi) is 33.8. The Morgan fingerprint density at radius 1 is 0.710 bits per heavy atom. The van der Waals surface area contributed by atoms with Crippen molar-refractivity contribution < 1.29 is 70.4 Å². The molecule has 0 radical (unpaired) electrons. The summed E-state index contributed by atoms with van der Waals surface area (Å²) in [6.45, 7) is 30.5. The van der Waals surface area contributed by atoms with E-state index in [-0.39, 0.29) is 61.0 Å². The number of carbonyl (C=O) groups excluding carboxylic acids is 1. The number of hydrogen-bond donors (Lipinski definition) is 1. The van der Waals surface area contributed by atoms with Crippen LogP contribution in [0.25, 0.3) is 0 Å². The van der Waals surface area contributed by atoms with E-state index in [0.29, 0.717) is 90.6 Å². The van der Waals surface area contributed by atoms with Crippen molar-refractivity contribution in [3.8, 4) is 17.6 Å². The molecule has 24 heteroatoms. The Bertz CT molecular complexity index is 2740. The van der Waals surface area contributed by atoms with Crippen LogP contribution in [0.3, 0.4) is 0 Å². The molecule has 518 valence electrons. The summed E-state index contributed by atoms with van der Waals surface area (Å²) in [4.78, 5) is 33.8. The lowest BCUT2D eigenvalue weighted by Gasteiger charge is -2.43. The molecular formula is C69H107N6O16PSi. The van der Waals surface area contributed by atoms with E-state index >= 15 is 0 Å². The van der Waals surface area contributed by atoms with Gasteiger partial charge in [-0.2, -0.15) is 10.2 Å². The minimum atomic E-state index is -2.59. The number of nitriles is 1. The second-order valence-corrected chi connectivity index (χ2v) is 31.6. The maximum Gasteiger partial charge on any atom is 0.351 e. The molecule has 2 fully saturated rings. The zero-order chi connectivity index (χ0) is 67.2. The molecule has 1 unspecified atom stereocenters. The molecule has 1 N–H and O–H groups in total. The van der Waals surface area contributed by atoms with Crippen LogP contribution in [0.2, 0.25) is 16.6 Å². The monoisotopic (exact) mass is 1330 g/mol. The summed E-state index contributed by atoms with van der Waals surface area (Å²) in [6.07, 6.45) is -1.50. The highest BCUT2D eigenvalue weighted by Crippen LogP contribution is 2.53. The number of ether oxygens (including phenoxy) is 11. The Morgan fingerprint density at radius 2 is 1.24 bits per heavy atom. The quantitative estimate of drug-likeness (QED) is 0.0154. The van der Waals surface area contributed by atoms with Gasteiger partial charge in [0.1, 0.15) is 54.1 Å². The van der Waals surface area contributed by atoms with Crippen LogP contribution in [0.5, 0.6) is 11.5 Å². The molecule has 0 aliphatic carbocycles. The number of anilines is 1. The number of methoxy groups -OCH3 is 2. The van der Waals surface area contributed by atoms with E-state index in [9.17, 15) is 14.9 Å². The number of amides is 1. The highest BCUT2D eigenvalue weighted by atomic mass is 31.2. The van der Waals surface area contributed by atoms with Crippen molar-refractivity contribution in [2.45, 2.75) is 167 Å². The first-order valence-electron chi connectivity index (χ1n) is 33.2. The first-order chi connectivity index (χ1) is 44.9. The Labute approximate surface area is 555 Å². The summed E-state index contributed by atoms with van der Waals surface area (Å²) in [5, 5.41) is 12.6. The van der Waals surface area contributed by atoms with Crippen molar-refractivity contribution in [1.82, 2.24) is 19.1 Å². The highest BCUT2D eigenvalue weighted by molar-refractivity contribution is 7.44. The van der Waals surface area contributed by atoms with Crippen LogP contribution in [0.4, 0.5) is 5.82 Å². The average molecular weight is 1340 g/mol. The first-order valence-corrected chi connectivity index (χ1v) is 36.4. The largest absolute Gasteiger partial charge is 0.497 e. The average Bonchev–Trinajstić information content (AvgIpc) is 1.73. The molecule has 2 aliphatic rings. The standard InChI is InChI=1S/C69H107N6O16PSi/c1-51(2)75(52(3)4)92(87-38-20-32-70)91-65-64(89-67(74-34-31-63(71-56(11)76)72-68(74)77)66(65)86-50-88-93(53(5)6,54(7)8)55(9)10)62(49-85-37-19-15-18-33-73-35-39-80-41-43-82-45-47-84-48-46-83-44-42-81-40-36-73)90-69(57-21-16-14-17-22-57,58-23-27-60(78-12)28-24-58)59-25-29-61(79-13)30-26-59/h14,16-17,21-31,34,51-55,62,64-67H,15,18-20,33,35-50H2,1-13H3,(H,71,72,76,77)/t62-,64-,65-,66-,67-,92?/m1/s1. The van der Waals surface area contributed by atoms with Gasteiger partial charge < -0.3 is 70.9 Å². The smallest absolute Gasteiger partial charge is 0.351 e. The number of benzene rings is 3. The van der Waals surface area contributed by atoms with E-state index in [1.807, 2.05) is 78.9 Å². The number of aromatic nitrogens is 2. The van der Waals surface area contributed by atoms with Gasteiger partial charge >= 0.3 is 5.69 Å². The maximum absolute atomic E-state index is 14.7. The van der Waals surface area contributed by atoms with E-state index in [0.717, 1.165) is 49.2 Å². The lowest BCUT2D eigenvalue weighted by molar-refractivity contribution is -0.163. The van der Waals surface area contributed by atoms with Crippen molar-refractivity contribution in [3.63, 3.8) is 0 Å². The van der Waals surface area contributed by atoms with E-state index in [4.69, 9.17) is 65.6 Å². The van der Waals surface area contributed by atoms with Gasteiger partial charge in [0.2, 0.25) is 14.2 Å². The van der Waals surface area contributed by atoms with Gasteiger partial charge in [-0.25, -0.2) is 9.46 Å². The van der Waals surface area contributed by atoms with Gasteiger partial charge in [-0.15, -0.1) is 0 Å². The molecule has 2 saturated heterocycles. The minimum Gasteiger partial charge on any atom is -0.497 e. The van der Waals surface area contributed by atoms with Crippen LogP contribution in [0.1, 0.15) is 125 Å². The lowest BCUT2D eigenvalue weighted by atomic mass is 9.79. The summed E-state index contributed by atoms with van der Waals surface area (Å²) in [7, 11) is -1.35. The van der Waals surface area contributed by atoms with Gasteiger partial charge in [-0.3, -0.25) is 14.3 Å². The van der Waals surface area contributed by atoms with Gasteiger partial charge in [-0.1, -0.05) is 96.1 Å². The zero-order valence-electron chi connectivity index (χ0n) is 57.5. The van der Waals surface area contributed by atoms with Crippen molar-refractivity contribution in [1.29, 1.82) is 5.26 Å². The molecule has 4 aromatic rings. The molecule has 3 aromatic carbocycles. The highest BCUT2D eigenvalue weighted by Gasteiger charge is 2.56. The van der Waals surface area contributed by atoms with Crippen molar-refractivity contribution in [2.75, 3.05) is 132 Å². The fourth-order valence-corrected chi connectivity index (χ4v) is 19.6. The Hall–Kier alpha value is -4.81. The molecule has 6 rings (SSSR count). The van der Waals surface area contributed by atoms with E-state index < -0.39 is 64.7 Å². The van der Waals surface area contributed by atoms with Crippen LogP contribution in [-0.2, 0) is 66.5 Å². The predicted molar refractivity (Wildman–Crippen MR) is 361 cm³/mol. The summed E-state index contributed by atoms with van der Waals surface area (Å²) >= 11 is 0. The molecule has 0 spiro atoms. The van der Waals surface area contributed by atoms with E-state index in [1.54, 1.807) is 26.5 Å². The zero-order valence-corrected chi connectivity index (χ0v) is 59.4. The fraction of sp³-hybridized carbons (Fsp3) is 0.652.